The van der Waals surface area contributed by atoms with Crippen LogP contribution in [0.15, 0.2) is 30.7 Å². The Morgan fingerprint density at radius 2 is 2.21 bits per heavy atom. The monoisotopic (exact) mass is 326 g/mol. The summed E-state index contributed by atoms with van der Waals surface area (Å²) in [6.45, 7) is 0. The number of carbonyl (C=O) groups is 1. The Balaban J connectivity index is 1.70. The largest absolute Gasteiger partial charge is 0.383 e. The number of anilines is 2. The molecule has 2 atom stereocenters. The smallest absolute Gasteiger partial charge is 0.231 e. The fourth-order valence-electron chi connectivity index (χ4n) is 2.60. The molecule has 3 aromatic heterocycles. The van der Waals surface area contributed by atoms with Crippen LogP contribution < -0.4 is 11.1 Å². The number of alkyl halides is 1. The number of nitrogen functional groups attached to an aromatic ring is 1. The van der Waals surface area contributed by atoms with Crippen LogP contribution >= 0.6 is 0 Å². The van der Waals surface area contributed by atoms with Gasteiger partial charge in [-0.1, -0.05) is 0 Å². The highest BCUT2D eigenvalue weighted by Crippen LogP contribution is 2.35. The van der Waals surface area contributed by atoms with E-state index in [-0.39, 0.29) is 12.3 Å². The maximum Gasteiger partial charge on any atom is 0.231 e. The first-order valence-electron chi connectivity index (χ1n) is 7.51. The lowest BCUT2D eigenvalue weighted by atomic mass is 10.1. The van der Waals surface area contributed by atoms with Gasteiger partial charge in [0, 0.05) is 30.4 Å². The number of nitrogens with two attached hydrogens (primary N) is 1. The van der Waals surface area contributed by atoms with E-state index < -0.39 is 12.1 Å². The lowest BCUT2D eigenvalue weighted by Crippen LogP contribution is -2.15. The number of aryl methyl sites for hydroxylation is 1. The zero-order valence-electron chi connectivity index (χ0n) is 12.9. The molecule has 1 aliphatic carbocycles. The van der Waals surface area contributed by atoms with Gasteiger partial charge in [-0.15, -0.1) is 0 Å². The summed E-state index contributed by atoms with van der Waals surface area (Å²) >= 11 is 0. The molecule has 122 valence electrons. The molecule has 0 saturated heterocycles. The van der Waals surface area contributed by atoms with Gasteiger partial charge in [0.15, 0.2) is 0 Å². The lowest BCUT2D eigenvalue weighted by Gasteiger charge is -2.08. The molecule has 7 nitrogen and oxygen atoms in total. The van der Waals surface area contributed by atoms with Crippen LogP contribution in [0.3, 0.4) is 0 Å². The number of hydrogen-bond acceptors (Lipinski definition) is 5. The summed E-state index contributed by atoms with van der Waals surface area (Å²) in [6, 6.07) is 3.57. The zero-order chi connectivity index (χ0) is 16.8. The number of amides is 1. The highest BCUT2D eigenvalue weighted by Gasteiger charge is 2.43. The lowest BCUT2D eigenvalue weighted by molar-refractivity contribution is -0.117. The number of carbonyl (C=O) groups excluding carboxylic acids is 1. The van der Waals surface area contributed by atoms with Crippen molar-refractivity contribution in [2.24, 2.45) is 13.0 Å². The van der Waals surface area contributed by atoms with E-state index in [4.69, 9.17) is 5.73 Å². The van der Waals surface area contributed by atoms with Gasteiger partial charge in [-0.25, -0.2) is 14.4 Å². The molecule has 1 saturated carbocycles. The number of hydrogen-bond donors (Lipinski definition) is 2. The van der Waals surface area contributed by atoms with Crippen LogP contribution in [0.25, 0.3) is 22.0 Å². The number of halogens is 1. The summed E-state index contributed by atoms with van der Waals surface area (Å²) in [7, 11) is 1.82. The van der Waals surface area contributed by atoms with E-state index in [0.717, 1.165) is 10.9 Å². The average molecular weight is 326 g/mol. The normalized spacial score (nSPS) is 19.4. The van der Waals surface area contributed by atoms with Crippen LogP contribution in [0.4, 0.5) is 16.0 Å². The molecule has 1 amide bonds. The minimum Gasteiger partial charge on any atom is -0.383 e. The number of fused-ring (bicyclic) bond motifs is 1. The van der Waals surface area contributed by atoms with Crippen molar-refractivity contribution in [3.05, 3.63) is 30.7 Å². The fourth-order valence-corrected chi connectivity index (χ4v) is 2.60. The van der Waals surface area contributed by atoms with E-state index >= 15 is 0 Å². The van der Waals surface area contributed by atoms with Crippen LogP contribution in [0, 0.1) is 5.92 Å². The van der Waals surface area contributed by atoms with Gasteiger partial charge in [0.2, 0.25) is 5.91 Å². The van der Waals surface area contributed by atoms with Gasteiger partial charge >= 0.3 is 0 Å². The van der Waals surface area contributed by atoms with Crippen molar-refractivity contribution < 1.29 is 9.18 Å². The third-order valence-electron chi connectivity index (χ3n) is 4.05. The number of pyridine rings is 2. The maximum atomic E-state index is 13.0. The minimum absolute atomic E-state index is 0.279. The first kappa shape index (κ1) is 14.6. The summed E-state index contributed by atoms with van der Waals surface area (Å²) < 4.78 is 14.6. The van der Waals surface area contributed by atoms with Crippen molar-refractivity contribution in [3.63, 3.8) is 0 Å². The third kappa shape index (κ3) is 2.55. The number of nitrogens with one attached hydrogen (secondary N) is 1. The number of nitrogens with zero attached hydrogens (tertiary/aromatic N) is 4. The van der Waals surface area contributed by atoms with Gasteiger partial charge in [-0.2, -0.15) is 5.10 Å². The van der Waals surface area contributed by atoms with Gasteiger partial charge < -0.3 is 11.1 Å². The summed E-state index contributed by atoms with van der Waals surface area (Å²) in [6.07, 6.45) is 4.34. The molecule has 8 heteroatoms. The van der Waals surface area contributed by atoms with Crippen LogP contribution in [0.5, 0.6) is 0 Å². The second-order valence-electron chi connectivity index (χ2n) is 5.93. The van der Waals surface area contributed by atoms with E-state index in [1.54, 1.807) is 23.1 Å². The van der Waals surface area contributed by atoms with Gasteiger partial charge in [0.25, 0.3) is 0 Å². The second-order valence-corrected chi connectivity index (χ2v) is 5.93. The first-order valence-corrected chi connectivity index (χ1v) is 7.51. The maximum absolute atomic E-state index is 13.0. The van der Waals surface area contributed by atoms with Crippen molar-refractivity contribution in [3.8, 4) is 11.3 Å². The molecule has 0 spiro atoms. The summed E-state index contributed by atoms with van der Waals surface area (Å²) in [5.74, 6) is -0.183. The Morgan fingerprint density at radius 3 is 2.88 bits per heavy atom. The Morgan fingerprint density at radius 1 is 1.42 bits per heavy atom. The molecule has 0 aliphatic heterocycles. The van der Waals surface area contributed by atoms with Crippen LogP contribution in [0.1, 0.15) is 6.42 Å². The Kier molecular flexibility index (Phi) is 3.19. The Hall–Kier alpha value is -3.03. The zero-order valence-corrected chi connectivity index (χ0v) is 12.9. The van der Waals surface area contributed by atoms with Gasteiger partial charge in [0.1, 0.15) is 17.8 Å². The van der Waals surface area contributed by atoms with Gasteiger partial charge in [-0.3, -0.25) is 9.48 Å². The second kappa shape index (κ2) is 5.26. The molecule has 1 fully saturated rings. The van der Waals surface area contributed by atoms with E-state index in [0.29, 0.717) is 22.7 Å². The van der Waals surface area contributed by atoms with E-state index in [2.05, 4.69) is 20.4 Å². The highest BCUT2D eigenvalue weighted by atomic mass is 19.1. The van der Waals surface area contributed by atoms with Crippen LogP contribution in [-0.4, -0.2) is 31.8 Å². The third-order valence-corrected chi connectivity index (χ3v) is 4.05. The molecule has 0 radical (unpaired) electrons. The van der Waals surface area contributed by atoms with Crippen molar-refractivity contribution >= 4 is 28.3 Å². The predicted octanol–water partition coefficient (Wildman–Crippen LogP) is 1.91. The average Bonchev–Trinajstić information content (AvgIpc) is 3.12. The molecule has 3 aromatic rings. The van der Waals surface area contributed by atoms with Crippen molar-refractivity contribution in [2.45, 2.75) is 12.6 Å². The van der Waals surface area contributed by atoms with Crippen molar-refractivity contribution in [2.75, 3.05) is 11.1 Å². The molecule has 1 unspecified atom stereocenters. The molecular weight excluding hydrogens is 311 g/mol. The molecule has 1 aliphatic rings. The van der Waals surface area contributed by atoms with Gasteiger partial charge in [0.05, 0.1) is 17.8 Å². The topological polar surface area (TPSA) is 98.7 Å². The van der Waals surface area contributed by atoms with E-state index in [1.165, 1.54) is 0 Å². The molecule has 3 heterocycles. The number of aromatic nitrogens is 4. The predicted molar refractivity (Wildman–Crippen MR) is 87.8 cm³/mol. The highest BCUT2D eigenvalue weighted by molar-refractivity contribution is 5.98. The summed E-state index contributed by atoms with van der Waals surface area (Å²) in [5.41, 5.74) is 7.54. The standard InChI is InChI=1S/C16H15FN6O/c1-23-7-9(5-20-23)13-2-8-3-14(19-6-11(8)15(18)21-13)22-16(24)10-4-12(10)17/h2-3,5-7,10,12H,4H2,1H3,(H2,18,21)(H,19,22,24)/t10?,12-/m1/s1. The molecule has 0 bridgehead atoms. The number of rotatable bonds is 3. The summed E-state index contributed by atoms with van der Waals surface area (Å²) in [5, 5.41) is 8.25. The van der Waals surface area contributed by atoms with Crippen LogP contribution in [-0.2, 0) is 11.8 Å². The summed E-state index contributed by atoms with van der Waals surface area (Å²) in [4.78, 5) is 20.4. The minimum atomic E-state index is -1.04. The molecule has 0 aromatic carbocycles. The van der Waals surface area contributed by atoms with Crippen molar-refractivity contribution in [1.29, 1.82) is 0 Å². The Labute approximate surface area is 136 Å². The van der Waals surface area contributed by atoms with E-state index in [9.17, 15) is 9.18 Å². The first-order chi connectivity index (χ1) is 11.5. The van der Waals surface area contributed by atoms with Gasteiger partial charge in [-0.05, 0) is 23.9 Å². The van der Waals surface area contributed by atoms with E-state index in [1.807, 2.05) is 19.3 Å². The Bertz CT molecular complexity index is 953. The molecule has 24 heavy (non-hydrogen) atoms. The van der Waals surface area contributed by atoms with Crippen LogP contribution in [0.2, 0.25) is 0 Å². The SMILES string of the molecule is Cn1cc(-c2cc3cc(NC(=O)C4C[C@H]4F)ncc3c(N)n2)cn1. The molecule has 4 rings (SSSR count). The molecule has 3 N–H and O–H groups in total. The fraction of sp³-hybridized carbons (Fsp3) is 0.250. The van der Waals surface area contributed by atoms with Crippen molar-refractivity contribution in [1.82, 2.24) is 19.7 Å². The molecular formula is C16H15FN6O. The quantitative estimate of drug-likeness (QED) is 0.766.